The average molecular weight is 323 g/mol. The van der Waals surface area contributed by atoms with Gasteiger partial charge in [0, 0.05) is 11.1 Å². The van der Waals surface area contributed by atoms with E-state index in [4.69, 9.17) is 14.6 Å². The van der Waals surface area contributed by atoms with Gasteiger partial charge < -0.3 is 25.0 Å². The molecule has 0 aliphatic rings. The molecule has 1 amide bonds. The van der Waals surface area contributed by atoms with Crippen LogP contribution in [0.15, 0.2) is 24.8 Å². The van der Waals surface area contributed by atoms with E-state index in [2.05, 4.69) is 11.9 Å². The number of carbonyl (C=O) groups excluding carboxylic acids is 1. The number of allylic oxidation sites excluding steroid dienone is 1. The molecule has 0 radical (unpaired) electrons. The van der Waals surface area contributed by atoms with Gasteiger partial charge in [0.1, 0.15) is 0 Å². The fourth-order valence-corrected chi connectivity index (χ4v) is 1.91. The monoisotopic (exact) mass is 323 g/mol. The number of aliphatic carboxylic acids is 1. The quantitative estimate of drug-likeness (QED) is 0.616. The van der Waals surface area contributed by atoms with Crippen LogP contribution in [0.3, 0.4) is 0 Å². The van der Waals surface area contributed by atoms with Gasteiger partial charge in [0.2, 0.25) is 0 Å². The summed E-state index contributed by atoms with van der Waals surface area (Å²) in [6.07, 6.45) is 2.13. The van der Waals surface area contributed by atoms with Gasteiger partial charge in [-0.3, -0.25) is 4.79 Å². The first-order chi connectivity index (χ1) is 10.8. The Labute approximate surface area is 134 Å². The lowest BCUT2D eigenvalue weighted by molar-refractivity contribution is -0.155. The molecule has 1 atom stereocenters. The Kier molecular flexibility index (Phi) is 6.15. The number of hydrogen-bond acceptors (Lipinski definition) is 5. The molecule has 0 heterocycles. The first kappa shape index (κ1) is 18.5. The summed E-state index contributed by atoms with van der Waals surface area (Å²) in [6, 6.07) is 3.09. The number of rotatable bonds is 8. The molecule has 0 saturated carbocycles. The molecule has 1 aromatic carbocycles. The van der Waals surface area contributed by atoms with Crippen LogP contribution in [0.1, 0.15) is 22.8 Å². The van der Waals surface area contributed by atoms with Gasteiger partial charge in [0.15, 0.2) is 17.1 Å². The van der Waals surface area contributed by atoms with Gasteiger partial charge in [-0.15, -0.1) is 6.58 Å². The molecule has 1 unspecified atom stereocenters. The number of methoxy groups -OCH3 is 2. The Morgan fingerprint density at radius 3 is 2.48 bits per heavy atom. The fourth-order valence-electron chi connectivity index (χ4n) is 1.91. The minimum atomic E-state index is -2.05. The van der Waals surface area contributed by atoms with Crippen LogP contribution in [0.25, 0.3) is 0 Å². The lowest BCUT2D eigenvalue weighted by Gasteiger charge is -2.19. The van der Waals surface area contributed by atoms with Crippen molar-refractivity contribution in [3.05, 3.63) is 35.9 Å². The number of hydrogen-bond donors (Lipinski definition) is 3. The van der Waals surface area contributed by atoms with E-state index in [1.165, 1.54) is 20.3 Å². The normalized spacial score (nSPS) is 12.9. The van der Waals surface area contributed by atoms with E-state index in [-0.39, 0.29) is 5.56 Å². The molecular formula is C16H21NO6. The van der Waals surface area contributed by atoms with E-state index in [1.807, 2.05) is 0 Å². The number of carboxylic acids is 1. The maximum Gasteiger partial charge on any atom is 0.337 e. The molecule has 0 aliphatic carbocycles. The van der Waals surface area contributed by atoms with Crippen molar-refractivity contribution >= 4 is 11.9 Å². The summed E-state index contributed by atoms with van der Waals surface area (Å²) in [4.78, 5) is 23.0. The molecule has 0 aliphatic heterocycles. The standard InChI is InChI=1S/C16H21NO6/c1-5-6-10-7-11(8-12(22-3)13(10)23-4)14(18)17-9-16(2,21)15(19)20/h5,7-8,21H,1,6,9H2,2-4H3,(H,17,18)(H,19,20). The second-order valence-corrected chi connectivity index (χ2v) is 5.13. The third-order valence-electron chi connectivity index (χ3n) is 3.24. The number of carbonyl (C=O) groups is 2. The maximum atomic E-state index is 12.2. The summed E-state index contributed by atoms with van der Waals surface area (Å²) in [6.45, 7) is 4.33. The predicted molar refractivity (Wildman–Crippen MR) is 84.0 cm³/mol. The van der Waals surface area contributed by atoms with Gasteiger partial charge >= 0.3 is 5.97 Å². The van der Waals surface area contributed by atoms with Crippen molar-refractivity contribution in [2.45, 2.75) is 18.9 Å². The van der Waals surface area contributed by atoms with Crippen molar-refractivity contribution < 1.29 is 29.3 Å². The average Bonchev–Trinajstić information content (AvgIpc) is 2.51. The van der Waals surface area contributed by atoms with Crippen LogP contribution in [0.5, 0.6) is 11.5 Å². The molecular weight excluding hydrogens is 302 g/mol. The van der Waals surface area contributed by atoms with Crippen LogP contribution >= 0.6 is 0 Å². The van der Waals surface area contributed by atoms with Crippen LogP contribution in [0.4, 0.5) is 0 Å². The van der Waals surface area contributed by atoms with Gasteiger partial charge in [0.25, 0.3) is 5.91 Å². The Balaban J connectivity index is 3.07. The number of carboxylic acid groups (broad SMARTS) is 1. The van der Waals surface area contributed by atoms with Crippen molar-refractivity contribution in [3.8, 4) is 11.5 Å². The van der Waals surface area contributed by atoms with E-state index in [0.717, 1.165) is 6.92 Å². The highest BCUT2D eigenvalue weighted by molar-refractivity contribution is 5.95. The summed E-state index contributed by atoms with van der Waals surface area (Å²) >= 11 is 0. The zero-order valence-electron chi connectivity index (χ0n) is 13.4. The van der Waals surface area contributed by atoms with Crippen LogP contribution in [-0.2, 0) is 11.2 Å². The summed E-state index contributed by atoms with van der Waals surface area (Å²) < 4.78 is 10.5. The smallest absolute Gasteiger partial charge is 0.337 e. The molecule has 7 nitrogen and oxygen atoms in total. The Bertz CT molecular complexity index is 609. The van der Waals surface area contributed by atoms with Gasteiger partial charge in [-0.1, -0.05) is 6.08 Å². The highest BCUT2D eigenvalue weighted by Crippen LogP contribution is 2.33. The highest BCUT2D eigenvalue weighted by Gasteiger charge is 2.30. The molecule has 1 rings (SSSR count). The van der Waals surface area contributed by atoms with Crippen LogP contribution < -0.4 is 14.8 Å². The SMILES string of the molecule is C=CCc1cc(C(=O)NCC(C)(O)C(=O)O)cc(OC)c1OC. The van der Waals surface area contributed by atoms with Gasteiger partial charge in [-0.2, -0.15) is 0 Å². The third-order valence-corrected chi connectivity index (χ3v) is 3.24. The largest absolute Gasteiger partial charge is 0.493 e. The maximum absolute atomic E-state index is 12.2. The van der Waals surface area contributed by atoms with Crippen LogP contribution in [-0.4, -0.2) is 48.5 Å². The molecule has 0 spiro atoms. The molecule has 126 valence electrons. The number of ether oxygens (including phenoxy) is 2. The predicted octanol–water partition coefficient (Wildman–Crippen LogP) is 0.998. The lowest BCUT2D eigenvalue weighted by atomic mass is 10.0. The van der Waals surface area contributed by atoms with Crippen molar-refractivity contribution in [3.63, 3.8) is 0 Å². The van der Waals surface area contributed by atoms with Crippen molar-refractivity contribution in [1.29, 1.82) is 0 Å². The van der Waals surface area contributed by atoms with Gasteiger partial charge in [-0.05, 0) is 25.5 Å². The first-order valence-electron chi connectivity index (χ1n) is 6.86. The zero-order chi connectivity index (χ0) is 17.6. The lowest BCUT2D eigenvalue weighted by Crippen LogP contribution is -2.46. The second kappa shape index (κ2) is 7.64. The van der Waals surface area contributed by atoms with Gasteiger partial charge in [0.05, 0.1) is 20.8 Å². The molecule has 0 fully saturated rings. The Morgan fingerprint density at radius 2 is 2.00 bits per heavy atom. The highest BCUT2D eigenvalue weighted by atomic mass is 16.5. The molecule has 0 saturated heterocycles. The molecule has 23 heavy (non-hydrogen) atoms. The van der Waals surface area contributed by atoms with E-state index in [9.17, 15) is 14.7 Å². The molecule has 1 aromatic rings. The van der Waals surface area contributed by atoms with Gasteiger partial charge in [-0.25, -0.2) is 4.79 Å². The van der Waals surface area contributed by atoms with E-state index < -0.39 is 24.0 Å². The number of aliphatic hydroxyl groups is 1. The van der Waals surface area contributed by atoms with Crippen LogP contribution in [0.2, 0.25) is 0 Å². The summed E-state index contributed by atoms with van der Waals surface area (Å²) in [5.41, 5.74) is -1.08. The minimum absolute atomic E-state index is 0.265. The second-order valence-electron chi connectivity index (χ2n) is 5.13. The Hall–Kier alpha value is -2.54. The van der Waals surface area contributed by atoms with Crippen molar-refractivity contribution in [1.82, 2.24) is 5.32 Å². The molecule has 3 N–H and O–H groups in total. The third kappa shape index (κ3) is 4.46. The summed E-state index contributed by atoms with van der Waals surface area (Å²) in [5.74, 6) is -1.07. The van der Waals surface area contributed by atoms with Crippen molar-refractivity contribution in [2.24, 2.45) is 0 Å². The van der Waals surface area contributed by atoms with Crippen molar-refractivity contribution in [2.75, 3.05) is 20.8 Å². The Morgan fingerprint density at radius 1 is 1.35 bits per heavy atom. The fraction of sp³-hybridized carbons (Fsp3) is 0.375. The topological polar surface area (TPSA) is 105 Å². The zero-order valence-corrected chi connectivity index (χ0v) is 13.4. The summed E-state index contributed by atoms with van der Waals surface area (Å²) in [7, 11) is 2.95. The summed E-state index contributed by atoms with van der Waals surface area (Å²) in [5, 5.41) is 20.9. The molecule has 0 aromatic heterocycles. The van der Waals surface area contributed by atoms with E-state index in [1.54, 1.807) is 12.1 Å². The van der Waals surface area contributed by atoms with E-state index >= 15 is 0 Å². The molecule has 7 heteroatoms. The number of amides is 1. The number of nitrogens with one attached hydrogen (secondary N) is 1. The van der Waals surface area contributed by atoms with E-state index in [0.29, 0.717) is 23.5 Å². The number of benzene rings is 1. The molecule has 0 bridgehead atoms. The first-order valence-corrected chi connectivity index (χ1v) is 6.86. The minimum Gasteiger partial charge on any atom is -0.493 e. The van der Waals surface area contributed by atoms with Crippen LogP contribution in [0, 0.1) is 0 Å².